The van der Waals surface area contributed by atoms with Crippen LogP contribution in [0.2, 0.25) is 0 Å². The molecule has 1 aliphatic carbocycles. The number of hydrogen-bond acceptors (Lipinski definition) is 2. The van der Waals surface area contributed by atoms with Crippen LogP contribution in [0.4, 0.5) is 0 Å². The fourth-order valence-corrected chi connectivity index (χ4v) is 3.31. The summed E-state index contributed by atoms with van der Waals surface area (Å²) in [4.78, 5) is 16.6. The van der Waals surface area contributed by atoms with Gasteiger partial charge in [0.25, 0.3) is 0 Å². The van der Waals surface area contributed by atoms with E-state index in [0.29, 0.717) is 18.5 Å². The second-order valence-corrected chi connectivity index (χ2v) is 6.65. The molecule has 0 atom stereocenters. The van der Waals surface area contributed by atoms with E-state index in [1.54, 1.807) is 0 Å². The second-order valence-electron chi connectivity index (χ2n) is 6.65. The van der Waals surface area contributed by atoms with Gasteiger partial charge in [-0.25, -0.2) is 4.98 Å². The topological polar surface area (TPSA) is 46.9 Å². The first kappa shape index (κ1) is 15.1. The minimum atomic E-state index is 0.134. The highest BCUT2D eigenvalue weighted by molar-refractivity contribution is 5.82. The minimum absolute atomic E-state index is 0.134. The van der Waals surface area contributed by atoms with Gasteiger partial charge in [0.05, 0.1) is 23.8 Å². The van der Waals surface area contributed by atoms with Crippen molar-refractivity contribution in [2.24, 2.45) is 0 Å². The molecule has 1 aromatic carbocycles. The maximum Gasteiger partial charge on any atom is 0.224 e. The maximum absolute atomic E-state index is 12.2. The largest absolute Gasteiger partial charge is 0.353 e. The minimum Gasteiger partial charge on any atom is -0.353 e. The Labute approximate surface area is 131 Å². The molecule has 4 nitrogen and oxygen atoms in total. The zero-order valence-electron chi connectivity index (χ0n) is 13.5. The number of fused-ring (bicyclic) bond motifs is 1. The Morgan fingerprint density at radius 2 is 2.09 bits per heavy atom. The standard InChI is InChI=1S/C18H25N3O/c1-13(2)21-12-19-16-10-14(8-9-17(16)21)11-18(22)20-15-6-4-3-5-7-15/h8-10,12-13,15H,3-7,11H2,1-2H3,(H,20,22). The number of nitrogens with one attached hydrogen (secondary N) is 1. The molecule has 0 aliphatic heterocycles. The highest BCUT2D eigenvalue weighted by Gasteiger charge is 2.16. The van der Waals surface area contributed by atoms with Crippen LogP contribution >= 0.6 is 0 Å². The van der Waals surface area contributed by atoms with E-state index in [1.807, 2.05) is 18.5 Å². The molecule has 1 fully saturated rings. The number of carbonyl (C=O) groups is 1. The summed E-state index contributed by atoms with van der Waals surface area (Å²) in [6.07, 6.45) is 8.37. The number of nitrogens with zero attached hydrogens (tertiary/aromatic N) is 2. The van der Waals surface area contributed by atoms with Crippen molar-refractivity contribution in [2.45, 2.75) is 64.5 Å². The first-order chi connectivity index (χ1) is 10.6. The second kappa shape index (κ2) is 6.51. The van der Waals surface area contributed by atoms with Crippen LogP contribution in [0.1, 0.15) is 57.6 Å². The van der Waals surface area contributed by atoms with Crippen molar-refractivity contribution in [3.05, 3.63) is 30.1 Å². The van der Waals surface area contributed by atoms with Crippen LogP contribution in [0.5, 0.6) is 0 Å². The predicted molar refractivity (Wildman–Crippen MR) is 88.8 cm³/mol. The van der Waals surface area contributed by atoms with Crippen molar-refractivity contribution in [1.29, 1.82) is 0 Å². The SMILES string of the molecule is CC(C)n1cnc2cc(CC(=O)NC3CCCCC3)ccc21. The molecule has 118 valence electrons. The first-order valence-electron chi connectivity index (χ1n) is 8.38. The van der Waals surface area contributed by atoms with Crippen LogP contribution in [0.25, 0.3) is 11.0 Å². The number of hydrogen-bond donors (Lipinski definition) is 1. The van der Waals surface area contributed by atoms with E-state index in [9.17, 15) is 4.79 Å². The molecule has 0 saturated heterocycles. The van der Waals surface area contributed by atoms with E-state index in [4.69, 9.17) is 0 Å². The van der Waals surface area contributed by atoms with E-state index < -0.39 is 0 Å². The Balaban J connectivity index is 1.67. The average Bonchev–Trinajstić information content (AvgIpc) is 2.91. The maximum atomic E-state index is 12.2. The third-order valence-corrected chi connectivity index (χ3v) is 4.53. The molecule has 0 spiro atoms. The Hall–Kier alpha value is -1.84. The Morgan fingerprint density at radius 3 is 2.82 bits per heavy atom. The van der Waals surface area contributed by atoms with Gasteiger partial charge in [-0.05, 0) is 44.4 Å². The van der Waals surface area contributed by atoms with E-state index in [0.717, 1.165) is 29.4 Å². The lowest BCUT2D eigenvalue weighted by molar-refractivity contribution is -0.121. The van der Waals surface area contributed by atoms with Gasteiger partial charge in [0, 0.05) is 12.1 Å². The van der Waals surface area contributed by atoms with Gasteiger partial charge < -0.3 is 9.88 Å². The number of benzene rings is 1. The molecule has 1 N–H and O–H groups in total. The molecule has 4 heteroatoms. The molecule has 1 heterocycles. The summed E-state index contributed by atoms with van der Waals surface area (Å²) in [5, 5.41) is 3.17. The molecule has 0 radical (unpaired) electrons. The number of aromatic nitrogens is 2. The number of carbonyl (C=O) groups excluding carboxylic acids is 1. The highest BCUT2D eigenvalue weighted by Crippen LogP contribution is 2.20. The first-order valence-corrected chi connectivity index (χ1v) is 8.38. The molecule has 1 aliphatic rings. The zero-order valence-corrected chi connectivity index (χ0v) is 13.5. The van der Waals surface area contributed by atoms with E-state index in [1.165, 1.54) is 19.3 Å². The fourth-order valence-electron chi connectivity index (χ4n) is 3.31. The Morgan fingerprint density at radius 1 is 1.32 bits per heavy atom. The van der Waals surface area contributed by atoms with E-state index in [-0.39, 0.29) is 5.91 Å². The summed E-state index contributed by atoms with van der Waals surface area (Å²) < 4.78 is 2.15. The average molecular weight is 299 g/mol. The van der Waals surface area contributed by atoms with Crippen molar-refractivity contribution in [3.63, 3.8) is 0 Å². The summed E-state index contributed by atoms with van der Waals surface area (Å²) in [5.41, 5.74) is 3.14. The molecule has 0 unspecified atom stereocenters. The molecule has 1 aromatic heterocycles. The summed E-state index contributed by atoms with van der Waals surface area (Å²) in [5.74, 6) is 0.134. The number of amides is 1. The lowest BCUT2D eigenvalue weighted by Crippen LogP contribution is -2.37. The van der Waals surface area contributed by atoms with Crippen LogP contribution in [0.15, 0.2) is 24.5 Å². The fraction of sp³-hybridized carbons (Fsp3) is 0.556. The van der Waals surface area contributed by atoms with E-state index >= 15 is 0 Å². The summed E-state index contributed by atoms with van der Waals surface area (Å²) in [7, 11) is 0. The number of rotatable bonds is 4. The third kappa shape index (κ3) is 3.32. The van der Waals surface area contributed by atoms with Crippen molar-refractivity contribution < 1.29 is 4.79 Å². The van der Waals surface area contributed by atoms with Crippen LogP contribution in [0, 0.1) is 0 Å². The third-order valence-electron chi connectivity index (χ3n) is 4.53. The van der Waals surface area contributed by atoms with Crippen molar-refractivity contribution in [3.8, 4) is 0 Å². The highest BCUT2D eigenvalue weighted by atomic mass is 16.1. The normalized spacial score (nSPS) is 16.3. The summed E-state index contributed by atoms with van der Waals surface area (Å²) in [6, 6.07) is 6.93. The van der Waals surface area contributed by atoms with Gasteiger partial charge in [0.2, 0.25) is 5.91 Å². The van der Waals surface area contributed by atoms with Gasteiger partial charge in [-0.2, -0.15) is 0 Å². The number of imidazole rings is 1. The molecular weight excluding hydrogens is 274 g/mol. The van der Waals surface area contributed by atoms with E-state index in [2.05, 4.69) is 34.8 Å². The Bertz CT molecular complexity index is 653. The van der Waals surface area contributed by atoms with Gasteiger partial charge in [0.15, 0.2) is 0 Å². The van der Waals surface area contributed by atoms with Crippen molar-refractivity contribution in [2.75, 3.05) is 0 Å². The summed E-state index contributed by atoms with van der Waals surface area (Å²) >= 11 is 0. The van der Waals surface area contributed by atoms with Crippen LogP contribution < -0.4 is 5.32 Å². The smallest absolute Gasteiger partial charge is 0.224 e. The van der Waals surface area contributed by atoms with Crippen LogP contribution in [-0.4, -0.2) is 21.5 Å². The quantitative estimate of drug-likeness (QED) is 0.937. The van der Waals surface area contributed by atoms with Crippen LogP contribution in [-0.2, 0) is 11.2 Å². The van der Waals surface area contributed by atoms with Crippen molar-refractivity contribution in [1.82, 2.24) is 14.9 Å². The van der Waals surface area contributed by atoms with Gasteiger partial charge >= 0.3 is 0 Å². The van der Waals surface area contributed by atoms with Gasteiger partial charge in [-0.3, -0.25) is 4.79 Å². The predicted octanol–water partition coefficient (Wildman–Crippen LogP) is 3.61. The molecule has 1 saturated carbocycles. The lowest BCUT2D eigenvalue weighted by Gasteiger charge is -2.22. The van der Waals surface area contributed by atoms with Gasteiger partial charge in [-0.1, -0.05) is 25.3 Å². The molecule has 22 heavy (non-hydrogen) atoms. The monoisotopic (exact) mass is 299 g/mol. The molecular formula is C18H25N3O. The van der Waals surface area contributed by atoms with Crippen molar-refractivity contribution >= 4 is 16.9 Å². The summed E-state index contributed by atoms with van der Waals surface area (Å²) in [6.45, 7) is 4.29. The lowest BCUT2D eigenvalue weighted by atomic mass is 9.95. The van der Waals surface area contributed by atoms with Gasteiger partial charge in [-0.15, -0.1) is 0 Å². The van der Waals surface area contributed by atoms with Crippen LogP contribution in [0.3, 0.4) is 0 Å². The molecule has 0 bridgehead atoms. The molecule has 3 rings (SSSR count). The Kier molecular flexibility index (Phi) is 4.46. The molecule has 1 amide bonds. The van der Waals surface area contributed by atoms with Gasteiger partial charge in [0.1, 0.15) is 0 Å². The molecule has 2 aromatic rings. The zero-order chi connectivity index (χ0) is 15.5.